The van der Waals surface area contributed by atoms with Crippen LogP contribution in [0.4, 0.5) is 0 Å². The summed E-state index contributed by atoms with van der Waals surface area (Å²) in [6.45, 7) is 2.62. The molecule has 0 amide bonds. The Morgan fingerprint density at radius 3 is 2.83 bits per heavy atom. The minimum absolute atomic E-state index is 0.0669. The maximum atomic E-state index is 11.9. The highest BCUT2D eigenvalue weighted by Gasteiger charge is 2.27. The van der Waals surface area contributed by atoms with Crippen molar-refractivity contribution in [3.8, 4) is 0 Å². The van der Waals surface area contributed by atoms with Crippen LogP contribution in [0.2, 0.25) is 0 Å². The van der Waals surface area contributed by atoms with Crippen LogP contribution in [0.15, 0.2) is 21.6 Å². The molecule has 0 radical (unpaired) electrons. The fourth-order valence-corrected chi connectivity index (χ4v) is 2.96. The predicted molar refractivity (Wildman–Crippen MR) is 63.3 cm³/mol. The van der Waals surface area contributed by atoms with Crippen molar-refractivity contribution in [2.24, 2.45) is 5.92 Å². The van der Waals surface area contributed by atoms with Gasteiger partial charge in [-0.1, -0.05) is 0 Å². The number of aliphatic hydroxyl groups is 1. The lowest BCUT2D eigenvalue weighted by Crippen LogP contribution is -2.31. The Labute approximate surface area is 106 Å². The number of ether oxygens (including phenoxy) is 1. The van der Waals surface area contributed by atoms with E-state index in [1.807, 2.05) is 6.92 Å². The molecule has 2 unspecified atom stereocenters. The number of hydrogen-bond donors (Lipinski definition) is 2. The molecule has 1 fully saturated rings. The third kappa shape index (κ3) is 2.92. The number of rotatable bonds is 5. The summed E-state index contributed by atoms with van der Waals surface area (Å²) in [7, 11) is -3.64. The first-order valence-corrected chi connectivity index (χ1v) is 7.32. The highest BCUT2D eigenvalue weighted by Crippen LogP contribution is 2.20. The van der Waals surface area contributed by atoms with E-state index in [0.717, 1.165) is 6.42 Å². The van der Waals surface area contributed by atoms with E-state index in [1.165, 1.54) is 12.1 Å². The fourth-order valence-electron chi connectivity index (χ4n) is 1.92. The van der Waals surface area contributed by atoms with E-state index >= 15 is 0 Å². The van der Waals surface area contributed by atoms with Crippen LogP contribution in [-0.4, -0.2) is 32.8 Å². The standard InChI is InChI=1S/C11H17NO5S/c1-8-9(4-5-16-8)6-12-18(14,15)11-3-2-10(7-13)17-11/h2-3,8-9,12-13H,4-7H2,1H3. The van der Waals surface area contributed by atoms with Crippen molar-refractivity contribution in [2.45, 2.75) is 31.1 Å². The van der Waals surface area contributed by atoms with Gasteiger partial charge in [-0.3, -0.25) is 0 Å². The zero-order valence-corrected chi connectivity index (χ0v) is 10.9. The van der Waals surface area contributed by atoms with Crippen molar-refractivity contribution in [3.63, 3.8) is 0 Å². The summed E-state index contributed by atoms with van der Waals surface area (Å²) in [6, 6.07) is 2.78. The summed E-state index contributed by atoms with van der Waals surface area (Å²) in [6.07, 6.45) is 0.918. The Hall–Kier alpha value is -0.890. The molecule has 102 valence electrons. The molecule has 1 saturated heterocycles. The Balaban J connectivity index is 1.98. The largest absolute Gasteiger partial charge is 0.446 e. The molecule has 7 heteroatoms. The summed E-state index contributed by atoms with van der Waals surface area (Å²) < 4.78 is 36.7. The maximum Gasteiger partial charge on any atom is 0.273 e. The van der Waals surface area contributed by atoms with Gasteiger partial charge >= 0.3 is 0 Å². The van der Waals surface area contributed by atoms with Crippen molar-refractivity contribution >= 4 is 10.0 Å². The first-order chi connectivity index (χ1) is 8.53. The molecule has 2 heterocycles. The summed E-state index contributed by atoms with van der Waals surface area (Å²) in [4.78, 5) is 0. The number of hydrogen-bond acceptors (Lipinski definition) is 5. The second-order valence-corrected chi connectivity index (χ2v) is 6.05. The molecule has 18 heavy (non-hydrogen) atoms. The molecule has 1 aromatic heterocycles. The molecule has 1 aliphatic heterocycles. The normalized spacial score (nSPS) is 24.6. The molecular weight excluding hydrogens is 258 g/mol. The van der Waals surface area contributed by atoms with Crippen molar-refractivity contribution in [2.75, 3.05) is 13.2 Å². The van der Waals surface area contributed by atoms with E-state index in [4.69, 9.17) is 14.3 Å². The van der Waals surface area contributed by atoms with Gasteiger partial charge in [0.25, 0.3) is 10.0 Å². The smallest absolute Gasteiger partial charge is 0.273 e. The lowest BCUT2D eigenvalue weighted by atomic mass is 10.0. The molecule has 0 spiro atoms. The van der Waals surface area contributed by atoms with Crippen LogP contribution < -0.4 is 4.72 Å². The summed E-state index contributed by atoms with van der Waals surface area (Å²) in [5.41, 5.74) is 0. The van der Waals surface area contributed by atoms with Crippen molar-refractivity contribution < 1.29 is 22.7 Å². The van der Waals surface area contributed by atoms with Gasteiger partial charge in [0.05, 0.1) is 6.10 Å². The first kappa shape index (κ1) is 13.5. The highest BCUT2D eigenvalue weighted by molar-refractivity contribution is 7.89. The van der Waals surface area contributed by atoms with Crippen LogP contribution in [0, 0.1) is 5.92 Å². The monoisotopic (exact) mass is 275 g/mol. The number of furan rings is 1. The van der Waals surface area contributed by atoms with E-state index in [9.17, 15) is 8.42 Å². The predicted octanol–water partition coefficient (Wildman–Crippen LogP) is 0.475. The van der Waals surface area contributed by atoms with Crippen LogP contribution >= 0.6 is 0 Å². The lowest BCUT2D eigenvalue weighted by Gasteiger charge is -2.13. The van der Waals surface area contributed by atoms with Gasteiger partial charge in [0, 0.05) is 19.1 Å². The molecule has 2 atom stereocenters. The maximum absolute atomic E-state index is 11.9. The minimum Gasteiger partial charge on any atom is -0.446 e. The number of nitrogens with one attached hydrogen (secondary N) is 1. The lowest BCUT2D eigenvalue weighted by molar-refractivity contribution is 0.107. The molecule has 2 N–H and O–H groups in total. The zero-order chi connectivity index (χ0) is 13.2. The topological polar surface area (TPSA) is 88.8 Å². The Kier molecular flexibility index (Phi) is 4.06. The fraction of sp³-hybridized carbons (Fsp3) is 0.636. The minimum atomic E-state index is -3.64. The molecular formula is C11H17NO5S. The van der Waals surface area contributed by atoms with E-state index < -0.39 is 10.0 Å². The van der Waals surface area contributed by atoms with Crippen LogP contribution in [-0.2, 0) is 21.4 Å². The van der Waals surface area contributed by atoms with Gasteiger partial charge in [-0.2, -0.15) is 0 Å². The van der Waals surface area contributed by atoms with Crippen LogP contribution in [0.1, 0.15) is 19.1 Å². The number of sulfonamides is 1. The van der Waals surface area contributed by atoms with Crippen molar-refractivity contribution in [1.82, 2.24) is 4.72 Å². The molecule has 1 aromatic rings. The second kappa shape index (κ2) is 5.40. The molecule has 0 aromatic carbocycles. The number of aliphatic hydroxyl groups excluding tert-OH is 1. The van der Waals surface area contributed by atoms with E-state index in [-0.39, 0.29) is 29.5 Å². The summed E-state index contributed by atoms with van der Waals surface area (Å²) >= 11 is 0. The van der Waals surface area contributed by atoms with Crippen LogP contribution in [0.5, 0.6) is 0 Å². The third-order valence-corrected chi connectivity index (χ3v) is 4.42. The van der Waals surface area contributed by atoms with Gasteiger partial charge in [0.2, 0.25) is 5.09 Å². The van der Waals surface area contributed by atoms with Crippen molar-refractivity contribution in [1.29, 1.82) is 0 Å². The Morgan fingerprint density at radius 1 is 1.50 bits per heavy atom. The van der Waals surface area contributed by atoms with Gasteiger partial charge < -0.3 is 14.3 Å². The molecule has 0 bridgehead atoms. The first-order valence-electron chi connectivity index (χ1n) is 5.84. The van der Waals surface area contributed by atoms with Crippen molar-refractivity contribution in [3.05, 3.63) is 17.9 Å². The Morgan fingerprint density at radius 2 is 2.28 bits per heavy atom. The second-order valence-electron chi connectivity index (χ2n) is 4.36. The van der Waals surface area contributed by atoms with Gasteiger partial charge in [-0.15, -0.1) is 0 Å². The molecule has 1 aliphatic rings. The van der Waals surface area contributed by atoms with Crippen LogP contribution in [0.25, 0.3) is 0 Å². The van der Waals surface area contributed by atoms with E-state index in [2.05, 4.69) is 4.72 Å². The summed E-state index contributed by atoms with van der Waals surface area (Å²) in [5, 5.41) is 8.66. The summed E-state index contributed by atoms with van der Waals surface area (Å²) in [5.74, 6) is 0.417. The highest BCUT2D eigenvalue weighted by atomic mass is 32.2. The van der Waals surface area contributed by atoms with E-state index in [1.54, 1.807) is 0 Å². The van der Waals surface area contributed by atoms with Gasteiger partial charge in [0.1, 0.15) is 12.4 Å². The Bertz CT molecular complexity index is 495. The van der Waals surface area contributed by atoms with Gasteiger partial charge in [-0.25, -0.2) is 13.1 Å². The van der Waals surface area contributed by atoms with Crippen LogP contribution in [0.3, 0.4) is 0 Å². The molecule has 2 rings (SSSR count). The quantitative estimate of drug-likeness (QED) is 0.815. The van der Waals surface area contributed by atoms with E-state index in [0.29, 0.717) is 13.2 Å². The average Bonchev–Trinajstić information content (AvgIpc) is 2.95. The SMILES string of the molecule is CC1OCCC1CNS(=O)(=O)c1ccc(CO)o1. The zero-order valence-electron chi connectivity index (χ0n) is 10.1. The molecule has 0 saturated carbocycles. The molecule has 0 aliphatic carbocycles. The average molecular weight is 275 g/mol. The molecule has 6 nitrogen and oxygen atoms in total. The van der Waals surface area contributed by atoms with Gasteiger partial charge in [0.15, 0.2) is 0 Å². The third-order valence-electron chi connectivity index (χ3n) is 3.13. The van der Waals surface area contributed by atoms with Gasteiger partial charge in [-0.05, 0) is 25.5 Å².